The van der Waals surface area contributed by atoms with Gasteiger partial charge in [-0.15, -0.1) is 0 Å². The molecule has 0 bridgehead atoms. The van der Waals surface area contributed by atoms with Crippen molar-refractivity contribution in [2.24, 2.45) is 0 Å². The van der Waals surface area contributed by atoms with E-state index in [0.717, 1.165) is 11.1 Å². The van der Waals surface area contributed by atoms with Gasteiger partial charge in [-0.25, -0.2) is 4.79 Å². The molecule has 3 nitrogen and oxygen atoms in total. The SMILES string of the molecule is COC(=O)c1ccc(C#C/C=C/c2ccncc2)cc1. The Balaban J connectivity index is 2.02. The number of benzene rings is 1. The summed E-state index contributed by atoms with van der Waals surface area (Å²) in [5.41, 5.74) is 2.41. The first kappa shape index (κ1) is 13.6. The Hall–Kier alpha value is -2.86. The number of allylic oxidation sites excluding steroid dienone is 1. The number of aromatic nitrogens is 1. The highest BCUT2D eigenvalue weighted by atomic mass is 16.5. The third-order valence-electron chi connectivity index (χ3n) is 2.59. The van der Waals surface area contributed by atoms with Crippen molar-refractivity contribution in [2.45, 2.75) is 0 Å². The standard InChI is InChI=1S/C17H13NO2/c1-20-17(19)16-8-6-14(7-9-16)4-2-3-5-15-10-12-18-13-11-15/h3,5-13H,1H3/b5-3+. The molecule has 0 radical (unpaired) electrons. The van der Waals surface area contributed by atoms with Crippen molar-refractivity contribution in [1.82, 2.24) is 4.98 Å². The number of pyridine rings is 1. The molecule has 0 aliphatic rings. The summed E-state index contributed by atoms with van der Waals surface area (Å²) in [7, 11) is 1.36. The van der Waals surface area contributed by atoms with Crippen LogP contribution in [0.3, 0.4) is 0 Å². The smallest absolute Gasteiger partial charge is 0.337 e. The average Bonchev–Trinajstić information content (AvgIpc) is 2.52. The molecule has 0 saturated carbocycles. The van der Waals surface area contributed by atoms with Gasteiger partial charge < -0.3 is 4.74 Å². The van der Waals surface area contributed by atoms with Gasteiger partial charge in [0.05, 0.1) is 12.7 Å². The minimum absolute atomic E-state index is 0.345. The number of carbonyl (C=O) groups is 1. The van der Waals surface area contributed by atoms with Crippen molar-refractivity contribution >= 4 is 12.0 Å². The third-order valence-corrected chi connectivity index (χ3v) is 2.59. The fourth-order valence-electron chi connectivity index (χ4n) is 1.54. The first-order valence-electron chi connectivity index (χ1n) is 6.06. The summed E-state index contributed by atoms with van der Waals surface area (Å²) in [4.78, 5) is 15.2. The van der Waals surface area contributed by atoms with Crippen LogP contribution in [0.2, 0.25) is 0 Å². The van der Waals surface area contributed by atoms with E-state index in [4.69, 9.17) is 0 Å². The van der Waals surface area contributed by atoms with Crippen molar-refractivity contribution in [3.05, 3.63) is 71.6 Å². The van der Waals surface area contributed by atoms with Crippen LogP contribution in [0, 0.1) is 11.8 Å². The molecule has 0 spiro atoms. The zero-order valence-corrected chi connectivity index (χ0v) is 11.0. The van der Waals surface area contributed by atoms with Crippen LogP contribution in [0.25, 0.3) is 6.08 Å². The van der Waals surface area contributed by atoms with Gasteiger partial charge in [0.15, 0.2) is 0 Å². The summed E-state index contributed by atoms with van der Waals surface area (Å²) in [5.74, 6) is 5.59. The number of ether oxygens (including phenoxy) is 1. The van der Waals surface area contributed by atoms with E-state index < -0.39 is 0 Å². The van der Waals surface area contributed by atoms with E-state index in [1.54, 1.807) is 42.7 Å². The Morgan fingerprint density at radius 2 is 1.85 bits per heavy atom. The lowest BCUT2D eigenvalue weighted by atomic mass is 10.1. The molecule has 2 rings (SSSR count). The van der Waals surface area contributed by atoms with Crippen LogP contribution in [0.4, 0.5) is 0 Å². The van der Waals surface area contributed by atoms with Crippen molar-refractivity contribution in [3.8, 4) is 11.8 Å². The molecule has 0 N–H and O–H groups in total. The number of rotatable bonds is 2. The molecule has 0 aliphatic carbocycles. The van der Waals surface area contributed by atoms with Gasteiger partial charge in [-0.1, -0.05) is 11.8 Å². The molecule has 1 heterocycles. The fraction of sp³-hybridized carbons (Fsp3) is 0.0588. The predicted octanol–water partition coefficient (Wildman–Crippen LogP) is 2.93. The van der Waals surface area contributed by atoms with Gasteiger partial charge in [0.1, 0.15) is 0 Å². The Morgan fingerprint density at radius 1 is 1.15 bits per heavy atom. The molecular weight excluding hydrogens is 250 g/mol. The molecule has 0 amide bonds. The highest BCUT2D eigenvalue weighted by Crippen LogP contribution is 2.04. The molecule has 3 heteroatoms. The number of hydrogen-bond acceptors (Lipinski definition) is 3. The van der Waals surface area contributed by atoms with Gasteiger partial charge in [0.2, 0.25) is 0 Å². The molecule has 1 aromatic heterocycles. The van der Waals surface area contributed by atoms with Crippen molar-refractivity contribution in [3.63, 3.8) is 0 Å². The maximum atomic E-state index is 11.3. The van der Waals surface area contributed by atoms with E-state index in [9.17, 15) is 4.79 Å². The lowest BCUT2D eigenvalue weighted by molar-refractivity contribution is 0.0601. The van der Waals surface area contributed by atoms with E-state index in [-0.39, 0.29) is 5.97 Å². The minimum atomic E-state index is -0.345. The Kier molecular flexibility index (Phi) is 4.69. The Morgan fingerprint density at radius 3 is 2.50 bits per heavy atom. The molecule has 0 unspecified atom stereocenters. The number of carbonyl (C=O) groups excluding carboxylic acids is 1. The molecular formula is C17H13NO2. The minimum Gasteiger partial charge on any atom is -0.465 e. The van der Waals surface area contributed by atoms with E-state index >= 15 is 0 Å². The summed E-state index contributed by atoms with van der Waals surface area (Å²) in [5, 5.41) is 0. The van der Waals surface area contributed by atoms with Crippen LogP contribution in [0.5, 0.6) is 0 Å². The topological polar surface area (TPSA) is 39.2 Å². The summed E-state index contributed by atoms with van der Waals surface area (Å²) in [6.07, 6.45) is 7.17. The molecule has 0 fully saturated rings. The van der Waals surface area contributed by atoms with Gasteiger partial charge in [0, 0.05) is 18.0 Å². The van der Waals surface area contributed by atoms with E-state index in [2.05, 4.69) is 21.6 Å². The molecule has 98 valence electrons. The number of methoxy groups -OCH3 is 1. The van der Waals surface area contributed by atoms with Crippen molar-refractivity contribution in [2.75, 3.05) is 7.11 Å². The van der Waals surface area contributed by atoms with Gasteiger partial charge in [-0.3, -0.25) is 4.98 Å². The second-order valence-electron chi connectivity index (χ2n) is 3.95. The van der Waals surface area contributed by atoms with Gasteiger partial charge >= 0.3 is 5.97 Å². The molecule has 1 aromatic carbocycles. The first-order valence-corrected chi connectivity index (χ1v) is 6.06. The van der Waals surface area contributed by atoms with Crippen LogP contribution in [0.15, 0.2) is 54.9 Å². The first-order chi connectivity index (χ1) is 9.79. The van der Waals surface area contributed by atoms with Gasteiger partial charge in [-0.05, 0) is 54.1 Å². The van der Waals surface area contributed by atoms with Crippen LogP contribution in [-0.2, 0) is 4.74 Å². The largest absolute Gasteiger partial charge is 0.465 e. The third kappa shape index (κ3) is 3.82. The summed E-state index contributed by atoms with van der Waals surface area (Å²) in [6, 6.07) is 10.8. The van der Waals surface area contributed by atoms with Gasteiger partial charge in [0.25, 0.3) is 0 Å². The van der Waals surface area contributed by atoms with Crippen LogP contribution in [-0.4, -0.2) is 18.1 Å². The normalized spacial score (nSPS) is 9.85. The lowest BCUT2D eigenvalue weighted by Crippen LogP contribution is -2.00. The second kappa shape index (κ2) is 6.91. The maximum absolute atomic E-state index is 11.3. The Bertz CT molecular complexity index is 662. The average molecular weight is 263 g/mol. The molecule has 0 atom stereocenters. The summed E-state index contributed by atoms with van der Waals surface area (Å²) < 4.78 is 4.63. The highest BCUT2D eigenvalue weighted by molar-refractivity contribution is 5.89. The van der Waals surface area contributed by atoms with Gasteiger partial charge in [-0.2, -0.15) is 0 Å². The van der Waals surface area contributed by atoms with Crippen LogP contribution < -0.4 is 0 Å². The second-order valence-corrected chi connectivity index (χ2v) is 3.95. The molecule has 20 heavy (non-hydrogen) atoms. The summed E-state index contributed by atoms with van der Waals surface area (Å²) in [6.45, 7) is 0. The summed E-state index contributed by atoms with van der Waals surface area (Å²) >= 11 is 0. The Labute approximate surface area is 117 Å². The monoisotopic (exact) mass is 263 g/mol. The zero-order valence-electron chi connectivity index (χ0n) is 11.0. The van der Waals surface area contributed by atoms with E-state index in [1.165, 1.54) is 7.11 Å². The van der Waals surface area contributed by atoms with Crippen molar-refractivity contribution < 1.29 is 9.53 Å². The number of hydrogen-bond donors (Lipinski definition) is 0. The molecule has 0 aliphatic heterocycles. The van der Waals surface area contributed by atoms with Crippen LogP contribution in [0.1, 0.15) is 21.5 Å². The highest BCUT2D eigenvalue weighted by Gasteiger charge is 2.02. The quantitative estimate of drug-likeness (QED) is 0.617. The number of esters is 1. The molecule has 0 saturated heterocycles. The fourth-order valence-corrected chi connectivity index (χ4v) is 1.54. The van der Waals surface area contributed by atoms with E-state index in [0.29, 0.717) is 5.56 Å². The molecule has 2 aromatic rings. The number of nitrogens with zero attached hydrogens (tertiary/aromatic N) is 1. The predicted molar refractivity (Wildman–Crippen MR) is 77.9 cm³/mol. The zero-order chi connectivity index (χ0) is 14.2. The maximum Gasteiger partial charge on any atom is 0.337 e. The van der Waals surface area contributed by atoms with E-state index in [1.807, 2.05) is 18.2 Å². The lowest BCUT2D eigenvalue weighted by Gasteiger charge is -1.97. The van der Waals surface area contributed by atoms with Crippen LogP contribution >= 0.6 is 0 Å². The van der Waals surface area contributed by atoms with Crippen molar-refractivity contribution in [1.29, 1.82) is 0 Å².